The Morgan fingerprint density at radius 1 is 1.39 bits per heavy atom. The van der Waals surface area contributed by atoms with Crippen LogP contribution in [0.3, 0.4) is 0 Å². The average Bonchev–Trinajstić information content (AvgIpc) is 2.39. The van der Waals surface area contributed by atoms with Crippen molar-refractivity contribution in [2.75, 3.05) is 5.75 Å². The summed E-state index contributed by atoms with van der Waals surface area (Å²) in [4.78, 5) is 5.43. The van der Waals surface area contributed by atoms with Crippen molar-refractivity contribution in [3.8, 4) is 6.07 Å². The van der Waals surface area contributed by atoms with E-state index in [1.165, 1.54) is 18.4 Å². The van der Waals surface area contributed by atoms with Crippen LogP contribution in [-0.2, 0) is 0 Å². The number of aryl methyl sites for hydroxylation is 1. The van der Waals surface area contributed by atoms with Gasteiger partial charge >= 0.3 is 0 Å². The van der Waals surface area contributed by atoms with Gasteiger partial charge in [0.05, 0.1) is 11.1 Å². The molecule has 0 N–H and O–H groups in total. The highest BCUT2D eigenvalue weighted by Crippen LogP contribution is 2.31. The second-order valence-corrected chi connectivity index (χ2v) is 5.44. The number of pyridine rings is 1. The number of nitrogens with zero attached hydrogens (tertiary/aromatic N) is 2. The highest BCUT2D eigenvalue weighted by molar-refractivity contribution is 7.99. The zero-order valence-electron chi connectivity index (χ0n) is 10.7. The molecular formula is C15H16N2S. The summed E-state index contributed by atoms with van der Waals surface area (Å²) in [6.07, 6.45) is 4.04. The number of aromatic nitrogens is 1. The Hall–Kier alpha value is -1.53. The van der Waals surface area contributed by atoms with Gasteiger partial charge in [-0.1, -0.05) is 25.0 Å². The van der Waals surface area contributed by atoms with Gasteiger partial charge in [0, 0.05) is 16.5 Å². The Bertz CT molecular complexity index is 599. The molecule has 0 saturated carbocycles. The second-order valence-electron chi connectivity index (χ2n) is 4.34. The maximum Gasteiger partial charge on any atom is 0.102 e. The monoisotopic (exact) mass is 256 g/mol. The van der Waals surface area contributed by atoms with Gasteiger partial charge in [-0.05, 0) is 31.2 Å². The minimum atomic E-state index is 0.689. The molecule has 1 aromatic carbocycles. The fraction of sp³-hybridized carbons (Fsp3) is 0.333. The lowest BCUT2D eigenvalue weighted by atomic mass is 10.1. The van der Waals surface area contributed by atoms with E-state index in [2.05, 4.69) is 37.0 Å². The van der Waals surface area contributed by atoms with E-state index < -0.39 is 0 Å². The quantitative estimate of drug-likeness (QED) is 0.604. The second kappa shape index (κ2) is 5.88. The van der Waals surface area contributed by atoms with Crippen molar-refractivity contribution >= 4 is 22.7 Å². The third-order valence-corrected chi connectivity index (χ3v) is 4.06. The molecule has 0 saturated heterocycles. The van der Waals surface area contributed by atoms with Gasteiger partial charge in [0.25, 0.3) is 0 Å². The number of hydrogen-bond donors (Lipinski definition) is 0. The Morgan fingerprint density at radius 3 is 2.94 bits per heavy atom. The van der Waals surface area contributed by atoms with Crippen LogP contribution in [0.5, 0.6) is 0 Å². The van der Waals surface area contributed by atoms with E-state index in [0.29, 0.717) is 5.56 Å². The van der Waals surface area contributed by atoms with Gasteiger partial charge in [0.1, 0.15) is 6.07 Å². The molecule has 0 amide bonds. The first-order valence-electron chi connectivity index (χ1n) is 6.18. The Balaban J connectivity index is 2.50. The molecule has 0 aliphatic rings. The van der Waals surface area contributed by atoms with Gasteiger partial charge in [0.2, 0.25) is 0 Å². The first kappa shape index (κ1) is 12.9. The van der Waals surface area contributed by atoms with Crippen LogP contribution in [0.4, 0.5) is 0 Å². The summed E-state index contributed by atoms with van der Waals surface area (Å²) >= 11 is 1.77. The van der Waals surface area contributed by atoms with Gasteiger partial charge in [-0.2, -0.15) is 5.26 Å². The molecule has 2 nitrogen and oxygen atoms in total. The minimum Gasteiger partial charge on any atom is -0.255 e. The van der Waals surface area contributed by atoms with Crippen molar-refractivity contribution in [1.82, 2.24) is 4.98 Å². The third-order valence-electron chi connectivity index (χ3n) is 2.84. The van der Waals surface area contributed by atoms with Crippen molar-refractivity contribution in [3.05, 3.63) is 35.5 Å². The van der Waals surface area contributed by atoms with Crippen molar-refractivity contribution in [2.45, 2.75) is 31.6 Å². The molecule has 0 fully saturated rings. The van der Waals surface area contributed by atoms with Crippen LogP contribution in [0.2, 0.25) is 0 Å². The van der Waals surface area contributed by atoms with Gasteiger partial charge in [-0.25, -0.2) is 0 Å². The van der Waals surface area contributed by atoms with Gasteiger partial charge in [-0.15, -0.1) is 11.8 Å². The predicted octanol–water partition coefficient (Wildman–Crippen LogP) is 4.31. The number of unbranched alkanes of at least 4 members (excludes halogenated alkanes) is 1. The van der Waals surface area contributed by atoms with Crippen LogP contribution in [0.1, 0.15) is 30.9 Å². The number of nitriles is 1. The Labute approximate surface area is 112 Å². The minimum absolute atomic E-state index is 0.689. The molecular weight excluding hydrogens is 240 g/mol. The topological polar surface area (TPSA) is 36.7 Å². The lowest BCUT2D eigenvalue weighted by Crippen LogP contribution is -1.90. The van der Waals surface area contributed by atoms with Crippen molar-refractivity contribution in [3.63, 3.8) is 0 Å². The smallest absolute Gasteiger partial charge is 0.102 e. The highest BCUT2D eigenvalue weighted by atomic mass is 32.2. The normalized spacial score (nSPS) is 10.5. The van der Waals surface area contributed by atoms with E-state index in [4.69, 9.17) is 0 Å². The first-order valence-corrected chi connectivity index (χ1v) is 7.17. The molecule has 1 aromatic heterocycles. The zero-order chi connectivity index (χ0) is 13.0. The molecule has 1 heterocycles. The molecule has 2 aromatic rings. The summed E-state index contributed by atoms with van der Waals surface area (Å²) in [6, 6.07) is 8.45. The predicted molar refractivity (Wildman–Crippen MR) is 76.8 cm³/mol. The highest BCUT2D eigenvalue weighted by Gasteiger charge is 2.09. The molecule has 0 aliphatic heterocycles. The maximum absolute atomic E-state index is 9.20. The van der Waals surface area contributed by atoms with Crippen molar-refractivity contribution < 1.29 is 0 Å². The van der Waals surface area contributed by atoms with E-state index in [1.807, 2.05) is 6.07 Å². The largest absolute Gasteiger partial charge is 0.255 e. The lowest BCUT2D eigenvalue weighted by molar-refractivity contribution is 0.896. The standard InChI is InChI=1S/C15H16N2S/c1-3-4-7-18-15-12(9-16)10-17-14-6-5-11(2)8-13(14)15/h5-6,8,10H,3-4,7H2,1-2H3. The van der Waals surface area contributed by atoms with Crippen LogP contribution < -0.4 is 0 Å². The van der Waals surface area contributed by atoms with E-state index in [0.717, 1.165) is 21.6 Å². The molecule has 0 radical (unpaired) electrons. The fourth-order valence-electron chi connectivity index (χ4n) is 1.84. The molecule has 92 valence electrons. The number of rotatable bonds is 4. The number of fused-ring (bicyclic) bond motifs is 1. The molecule has 2 rings (SSSR count). The van der Waals surface area contributed by atoms with E-state index in [-0.39, 0.29) is 0 Å². The summed E-state index contributed by atoms with van der Waals surface area (Å²) < 4.78 is 0. The molecule has 18 heavy (non-hydrogen) atoms. The zero-order valence-corrected chi connectivity index (χ0v) is 11.5. The number of hydrogen-bond acceptors (Lipinski definition) is 3. The summed E-state index contributed by atoms with van der Waals surface area (Å²) in [7, 11) is 0. The summed E-state index contributed by atoms with van der Waals surface area (Å²) in [5.41, 5.74) is 2.87. The SMILES string of the molecule is CCCCSc1c(C#N)cnc2ccc(C)cc12. The Kier molecular flexibility index (Phi) is 4.22. The van der Waals surface area contributed by atoms with E-state index >= 15 is 0 Å². The van der Waals surface area contributed by atoms with Gasteiger partial charge in [0.15, 0.2) is 0 Å². The van der Waals surface area contributed by atoms with Crippen molar-refractivity contribution in [2.24, 2.45) is 0 Å². The van der Waals surface area contributed by atoms with E-state index in [1.54, 1.807) is 18.0 Å². The van der Waals surface area contributed by atoms with Crippen LogP contribution in [0.15, 0.2) is 29.3 Å². The fourth-order valence-corrected chi connectivity index (χ4v) is 3.05. The molecule has 0 spiro atoms. The van der Waals surface area contributed by atoms with Crippen LogP contribution in [-0.4, -0.2) is 10.7 Å². The molecule has 3 heteroatoms. The van der Waals surface area contributed by atoms with Crippen LogP contribution >= 0.6 is 11.8 Å². The third kappa shape index (κ3) is 2.65. The molecule has 0 aliphatic carbocycles. The number of thioether (sulfide) groups is 1. The molecule has 0 bridgehead atoms. The van der Waals surface area contributed by atoms with Crippen molar-refractivity contribution in [1.29, 1.82) is 5.26 Å². The summed E-state index contributed by atoms with van der Waals surface area (Å²) in [6.45, 7) is 4.25. The average molecular weight is 256 g/mol. The van der Waals surface area contributed by atoms with E-state index in [9.17, 15) is 5.26 Å². The van der Waals surface area contributed by atoms with Gasteiger partial charge in [-0.3, -0.25) is 4.98 Å². The van der Waals surface area contributed by atoms with Crippen LogP contribution in [0.25, 0.3) is 10.9 Å². The lowest BCUT2D eigenvalue weighted by Gasteiger charge is -2.08. The van der Waals surface area contributed by atoms with Crippen LogP contribution in [0, 0.1) is 18.3 Å². The molecule has 0 unspecified atom stereocenters. The maximum atomic E-state index is 9.20. The molecule has 0 atom stereocenters. The first-order chi connectivity index (χ1) is 8.76. The summed E-state index contributed by atoms with van der Waals surface area (Å²) in [5.74, 6) is 1.05. The Morgan fingerprint density at radius 2 is 2.22 bits per heavy atom. The number of benzene rings is 1. The van der Waals surface area contributed by atoms with Gasteiger partial charge < -0.3 is 0 Å². The summed E-state index contributed by atoms with van der Waals surface area (Å²) in [5, 5.41) is 10.3.